The number of hydrogen-bond donors (Lipinski definition) is 3. The van der Waals surface area contributed by atoms with Crippen LogP contribution >= 0.6 is 0 Å². The van der Waals surface area contributed by atoms with Crippen LogP contribution in [0.15, 0.2) is 24.3 Å². The van der Waals surface area contributed by atoms with Gasteiger partial charge in [-0.2, -0.15) is 5.53 Å². The highest BCUT2D eigenvalue weighted by Gasteiger charge is 2.15. The first kappa shape index (κ1) is 12.4. The van der Waals surface area contributed by atoms with Gasteiger partial charge in [-0.1, -0.05) is 26.0 Å². The molecule has 1 aromatic rings. The Balaban J connectivity index is 2.04. The molecule has 4 heteroatoms. The summed E-state index contributed by atoms with van der Waals surface area (Å²) >= 11 is 0. The Labute approximate surface area is 103 Å². The molecule has 1 heterocycles. The first-order valence-electron chi connectivity index (χ1n) is 6.33. The molecule has 1 aromatic carbocycles. The molecular weight excluding hydrogens is 214 g/mol. The summed E-state index contributed by atoms with van der Waals surface area (Å²) < 4.78 is 5.82. The summed E-state index contributed by atoms with van der Waals surface area (Å²) in [5, 5.41) is 0. The van der Waals surface area contributed by atoms with Gasteiger partial charge in [-0.3, -0.25) is 0 Å². The summed E-state index contributed by atoms with van der Waals surface area (Å²) in [5.41, 5.74) is 10.2. The molecule has 0 bridgehead atoms. The van der Waals surface area contributed by atoms with Gasteiger partial charge in [0, 0.05) is 0 Å². The molecule has 17 heavy (non-hydrogen) atoms. The van der Waals surface area contributed by atoms with Crippen molar-refractivity contribution in [2.24, 2.45) is 0 Å². The van der Waals surface area contributed by atoms with Gasteiger partial charge in [0.1, 0.15) is 5.75 Å². The largest absolute Gasteiger partial charge is 0.473 e. The van der Waals surface area contributed by atoms with E-state index in [2.05, 4.69) is 48.4 Å². The van der Waals surface area contributed by atoms with E-state index in [4.69, 9.17) is 4.74 Å². The zero-order chi connectivity index (χ0) is 12.1. The Morgan fingerprint density at radius 1 is 1.35 bits per heavy atom. The minimum absolute atomic E-state index is 0.00745. The fraction of sp³-hybridized carbons (Fsp3) is 0.538. The monoisotopic (exact) mass is 235 g/mol. The maximum Gasteiger partial charge on any atom is 0.177 e. The molecule has 2 rings (SSSR count). The van der Waals surface area contributed by atoms with Crippen LogP contribution in [0.4, 0.5) is 0 Å². The molecule has 0 aliphatic carbocycles. The first-order valence-corrected chi connectivity index (χ1v) is 6.33. The van der Waals surface area contributed by atoms with Crippen LogP contribution in [0.2, 0.25) is 0 Å². The van der Waals surface area contributed by atoms with Gasteiger partial charge in [-0.25, -0.2) is 10.9 Å². The van der Waals surface area contributed by atoms with Gasteiger partial charge in [0.2, 0.25) is 0 Å². The van der Waals surface area contributed by atoms with Gasteiger partial charge in [0.05, 0.1) is 6.54 Å². The second-order valence-corrected chi connectivity index (χ2v) is 4.34. The molecule has 0 spiro atoms. The third kappa shape index (κ3) is 3.19. The van der Waals surface area contributed by atoms with E-state index >= 15 is 0 Å². The van der Waals surface area contributed by atoms with E-state index in [0.717, 1.165) is 12.3 Å². The molecule has 1 aliphatic rings. The Kier molecular flexibility index (Phi) is 4.36. The summed E-state index contributed by atoms with van der Waals surface area (Å²) in [6.07, 6.45) is 2.34. The molecule has 94 valence electrons. The number of ether oxygens (including phenoxy) is 1. The lowest BCUT2D eigenvalue weighted by Gasteiger charge is -2.16. The van der Waals surface area contributed by atoms with E-state index in [0.29, 0.717) is 5.92 Å². The first-order chi connectivity index (χ1) is 8.33. The Bertz CT molecular complexity index is 346. The third-order valence-corrected chi connectivity index (χ3v) is 3.20. The van der Waals surface area contributed by atoms with Crippen molar-refractivity contribution in [1.29, 1.82) is 0 Å². The topological polar surface area (TPSA) is 45.3 Å². The van der Waals surface area contributed by atoms with Crippen molar-refractivity contribution >= 4 is 0 Å². The quantitative estimate of drug-likeness (QED) is 0.729. The number of benzene rings is 1. The van der Waals surface area contributed by atoms with Crippen LogP contribution in [0.1, 0.15) is 38.2 Å². The molecule has 0 amide bonds. The maximum absolute atomic E-state index is 5.82. The van der Waals surface area contributed by atoms with Crippen LogP contribution in [-0.4, -0.2) is 12.8 Å². The van der Waals surface area contributed by atoms with Gasteiger partial charge in [0.25, 0.3) is 0 Å². The molecule has 3 N–H and O–H groups in total. The lowest BCUT2D eigenvalue weighted by atomic mass is 9.94. The van der Waals surface area contributed by atoms with Crippen LogP contribution in [0.3, 0.4) is 0 Å². The zero-order valence-electron chi connectivity index (χ0n) is 10.5. The predicted octanol–water partition coefficient (Wildman–Crippen LogP) is 1.91. The summed E-state index contributed by atoms with van der Waals surface area (Å²) in [4.78, 5) is 0. The predicted molar refractivity (Wildman–Crippen MR) is 68.5 cm³/mol. The fourth-order valence-corrected chi connectivity index (χ4v) is 2.16. The molecule has 1 aliphatic heterocycles. The fourth-order valence-electron chi connectivity index (χ4n) is 2.16. The van der Waals surface area contributed by atoms with E-state index in [1.807, 2.05) is 6.07 Å². The molecule has 1 fully saturated rings. The highest BCUT2D eigenvalue weighted by atomic mass is 16.5. The average molecular weight is 235 g/mol. The van der Waals surface area contributed by atoms with E-state index in [1.54, 1.807) is 0 Å². The summed E-state index contributed by atoms with van der Waals surface area (Å²) in [6, 6.07) is 8.41. The smallest absolute Gasteiger partial charge is 0.177 e. The molecule has 0 saturated carbocycles. The number of nitrogens with one attached hydrogen (secondary N) is 3. The Morgan fingerprint density at radius 3 is 2.82 bits per heavy atom. The second kappa shape index (κ2) is 6.00. The normalized spacial score (nSPS) is 19.8. The zero-order valence-corrected chi connectivity index (χ0v) is 10.5. The van der Waals surface area contributed by atoms with Gasteiger partial charge >= 0.3 is 0 Å². The van der Waals surface area contributed by atoms with Gasteiger partial charge in [-0.05, 0) is 36.5 Å². The molecule has 1 atom stereocenters. The van der Waals surface area contributed by atoms with E-state index in [9.17, 15) is 0 Å². The van der Waals surface area contributed by atoms with E-state index in [-0.39, 0.29) is 6.23 Å². The van der Waals surface area contributed by atoms with Crippen LogP contribution in [0.5, 0.6) is 5.75 Å². The lowest BCUT2D eigenvalue weighted by Crippen LogP contribution is -2.36. The summed E-state index contributed by atoms with van der Waals surface area (Å²) in [5.74, 6) is 1.56. The minimum Gasteiger partial charge on any atom is -0.473 e. The Hall–Kier alpha value is -1.10. The Morgan fingerprint density at radius 2 is 2.18 bits per heavy atom. The van der Waals surface area contributed by atoms with E-state index < -0.39 is 0 Å². The highest BCUT2D eigenvalue weighted by molar-refractivity contribution is 5.31. The summed E-state index contributed by atoms with van der Waals surface area (Å²) in [7, 11) is 0. The maximum atomic E-state index is 5.82. The molecular formula is C13H21N3O. The van der Waals surface area contributed by atoms with Crippen LogP contribution in [0.25, 0.3) is 0 Å². The lowest BCUT2D eigenvalue weighted by molar-refractivity contribution is 0.191. The van der Waals surface area contributed by atoms with Crippen molar-refractivity contribution in [2.75, 3.05) is 6.54 Å². The highest BCUT2D eigenvalue weighted by Crippen LogP contribution is 2.26. The average Bonchev–Trinajstić information content (AvgIpc) is 2.84. The molecule has 1 saturated heterocycles. The van der Waals surface area contributed by atoms with Gasteiger partial charge in [0.15, 0.2) is 6.23 Å². The summed E-state index contributed by atoms with van der Waals surface area (Å²) in [6.45, 7) is 5.22. The molecule has 1 unspecified atom stereocenters. The van der Waals surface area contributed by atoms with Crippen LogP contribution in [0, 0.1) is 0 Å². The van der Waals surface area contributed by atoms with Gasteiger partial charge in [-0.15, -0.1) is 0 Å². The van der Waals surface area contributed by atoms with Crippen molar-refractivity contribution in [3.05, 3.63) is 29.8 Å². The van der Waals surface area contributed by atoms with Crippen molar-refractivity contribution in [3.63, 3.8) is 0 Å². The number of hydrogen-bond acceptors (Lipinski definition) is 4. The van der Waals surface area contributed by atoms with Crippen molar-refractivity contribution in [3.8, 4) is 5.75 Å². The number of rotatable bonds is 5. The van der Waals surface area contributed by atoms with Gasteiger partial charge < -0.3 is 4.74 Å². The standard InChI is InChI=1S/C13H21N3O/c1-3-10(4-2)11-6-5-7-12(8-11)17-13-9-14-16-15-13/h5-8,10,13-16H,3-4,9H2,1-2H3. The van der Waals surface area contributed by atoms with Crippen molar-refractivity contribution in [2.45, 2.75) is 38.8 Å². The second-order valence-electron chi connectivity index (χ2n) is 4.34. The molecule has 0 radical (unpaired) electrons. The van der Waals surface area contributed by atoms with E-state index in [1.165, 1.54) is 18.4 Å². The van der Waals surface area contributed by atoms with Crippen molar-refractivity contribution in [1.82, 2.24) is 16.4 Å². The van der Waals surface area contributed by atoms with Crippen molar-refractivity contribution < 1.29 is 4.74 Å². The van der Waals surface area contributed by atoms with Crippen LogP contribution < -0.4 is 21.1 Å². The molecule has 0 aromatic heterocycles. The minimum atomic E-state index is -0.00745. The SMILES string of the molecule is CCC(CC)c1cccc(OC2CNNN2)c1. The van der Waals surface area contributed by atoms with Crippen LogP contribution in [-0.2, 0) is 0 Å². The molecule has 4 nitrogen and oxygen atoms in total. The third-order valence-electron chi connectivity index (χ3n) is 3.20. The number of hydrazine groups is 2.